The fourth-order valence-electron chi connectivity index (χ4n) is 2.59. The molecular weight excluding hydrogens is 312 g/mol. The van der Waals surface area contributed by atoms with E-state index in [0.29, 0.717) is 6.54 Å². The predicted molar refractivity (Wildman–Crippen MR) is 103 cm³/mol. The number of guanidine groups is 1. The number of hydrogen-bond donors (Lipinski definition) is 2. The molecule has 2 aromatic rings. The van der Waals surface area contributed by atoms with Crippen molar-refractivity contribution in [2.75, 3.05) is 27.2 Å². The van der Waals surface area contributed by atoms with Crippen LogP contribution in [0, 0.1) is 0 Å². The molecule has 1 aromatic heterocycles. The molecular formula is C19H30N6. The predicted octanol–water partition coefficient (Wildman–Crippen LogP) is 2.09. The van der Waals surface area contributed by atoms with Gasteiger partial charge in [-0.15, -0.1) is 0 Å². The molecule has 0 spiro atoms. The van der Waals surface area contributed by atoms with E-state index in [4.69, 9.17) is 4.99 Å². The van der Waals surface area contributed by atoms with Crippen molar-refractivity contribution >= 4 is 5.96 Å². The molecule has 6 nitrogen and oxygen atoms in total. The Morgan fingerprint density at radius 1 is 1.16 bits per heavy atom. The summed E-state index contributed by atoms with van der Waals surface area (Å²) in [5, 5.41) is 10.9. The molecule has 0 fully saturated rings. The molecule has 0 atom stereocenters. The van der Waals surface area contributed by atoms with Gasteiger partial charge in [0.2, 0.25) is 0 Å². The zero-order chi connectivity index (χ0) is 17.9. The van der Waals surface area contributed by atoms with Crippen LogP contribution in [0.25, 0.3) is 0 Å². The highest BCUT2D eigenvalue weighted by molar-refractivity contribution is 5.79. The number of benzene rings is 1. The maximum absolute atomic E-state index is 4.74. The van der Waals surface area contributed by atoms with Crippen molar-refractivity contribution in [1.82, 2.24) is 25.3 Å². The van der Waals surface area contributed by atoms with Crippen LogP contribution in [0.5, 0.6) is 0 Å². The summed E-state index contributed by atoms with van der Waals surface area (Å²) in [5.41, 5.74) is 2.59. The van der Waals surface area contributed by atoms with E-state index in [9.17, 15) is 0 Å². The van der Waals surface area contributed by atoms with Crippen LogP contribution in [0.3, 0.4) is 0 Å². The average molecular weight is 342 g/mol. The molecule has 0 saturated carbocycles. The molecule has 1 aromatic carbocycles. The number of rotatable bonds is 9. The van der Waals surface area contributed by atoms with E-state index < -0.39 is 0 Å². The van der Waals surface area contributed by atoms with Crippen molar-refractivity contribution < 1.29 is 0 Å². The first-order chi connectivity index (χ1) is 12.2. The van der Waals surface area contributed by atoms with Gasteiger partial charge in [0.15, 0.2) is 5.96 Å². The van der Waals surface area contributed by atoms with Crippen LogP contribution in [0.4, 0.5) is 0 Å². The lowest BCUT2D eigenvalue weighted by atomic mass is 10.1. The zero-order valence-corrected chi connectivity index (χ0v) is 15.6. The van der Waals surface area contributed by atoms with Gasteiger partial charge < -0.3 is 15.5 Å². The highest BCUT2D eigenvalue weighted by Crippen LogP contribution is 2.11. The maximum atomic E-state index is 4.74. The van der Waals surface area contributed by atoms with Crippen molar-refractivity contribution in [2.24, 2.45) is 4.99 Å². The van der Waals surface area contributed by atoms with Crippen LogP contribution in [0.15, 0.2) is 47.7 Å². The Bertz CT molecular complexity index is 633. The number of nitrogens with one attached hydrogen (secondary N) is 2. The minimum Gasteiger partial charge on any atom is -0.357 e. The minimum atomic E-state index is 0.679. The van der Waals surface area contributed by atoms with Crippen LogP contribution >= 0.6 is 0 Å². The molecule has 1 heterocycles. The quantitative estimate of drug-likeness (QED) is 0.416. The molecule has 2 N–H and O–H groups in total. The van der Waals surface area contributed by atoms with Gasteiger partial charge in [0.25, 0.3) is 0 Å². The first-order valence-corrected chi connectivity index (χ1v) is 8.90. The van der Waals surface area contributed by atoms with E-state index in [2.05, 4.69) is 65.9 Å². The third kappa shape index (κ3) is 6.97. The fourth-order valence-corrected chi connectivity index (χ4v) is 2.59. The summed E-state index contributed by atoms with van der Waals surface area (Å²) in [6.07, 6.45) is 4.80. The van der Waals surface area contributed by atoms with E-state index in [1.54, 1.807) is 0 Å². The Morgan fingerprint density at radius 2 is 1.96 bits per heavy atom. The van der Waals surface area contributed by atoms with Crippen molar-refractivity contribution in [2.45, 2.75) is 33.0 Å². The van der Waals surface area contributed by atoms with Crippen molar-refractivity contribution in [3.8, 4) is 0 Å². The smallest absolute Gasteiger partial charge is 0.191 e. The number of nitrogens with zero attached hydrogens (tertiary/aromatic N) is 4. The van der Waals surface area contributed by atoms with Crippen molar-refractivity contribution in [3.63, 3.8) is 0 Å². The van der Waals surface area contributed by atoms with E-state index in [0.717, 1.165) is 38.6 Å². The summed E-state index contributed by atoms with van der Waals surface area (Å²) >= 11 is 0. The molecule has 0 aliphatic heterocycles. The van der Waals surface area contributed by atoms with Gasteiger partial charge in [0, 0.05) is 38.6 Å². The Kier molecular flexibility index (Phi) is 7.98. The first kappa shape index (κ1) is 19.0. The third-order valence-electron chi connectivity index (χ3n) is 3.77. The second-order valence-electron chi connectivity index (χ2n) is 6.25. The summed E-state index contributed by atoms with van der Waals surface area (Å²) < 4.78 is 1.95. The van der Waals surface area contributed by atoms with Crippen molar-refractivity contribution in [1.29, 1.82) is 0 Å². The Labute approximate surface area is 151 Å². The Balaban J connectivity index is 1.88. The highest BCUT2D eigenvalue weighted by Gasteiger charge is 2.03. The molecule has 0 radical (unpaired) electrons. The Hall–Kier alpha value is -2.34. The van der Waals surface area contributed by atoms with Gasteiger partial charge in [-0.2, -0.15) is 5.10 Å². The molecule has 0 bridgehead atoms. The molecule has 0 unspecified atom stereocenters. The zero-order valence-electron chi connectivity index (χ0n) is 15.6. The first-order valence-electron chi connectivity index (χ1n) is 8.90. The van der Waals surface area contributed by atoms with Gasteiger partial charge in [0.1, 0.15) is 0 Å². The largest absolute Gasteiger partial charge is 0.357 e. The summed E-state index contributed by atoms with van der Waals surface area (Å²) in [7, 11) is 4.18. The van der Waals surface area contributed by atoms with E-state index in [1.807, 2.05) is 23.1 Å². The molecule has 6 heteroatoms. The normalized spacial score (nSPS) is 11.8. The molecule has 25 heavy (non-hydrogen) atoms. The lowest BCUT2D eigenvalue weighted by Gasteiger charge is -2.14. The van der Waals surface area contributed by atoms with Crippen LogP contribution in [0.2, 0.25) is 0 Å². The van der Waals surface area contributed by atoms with E-state index in [-0.39, 0.29) is 0 Å². The van der Waals surface area contributed by atoms with Gasteiger partial charge >= 0.3 is 0 Å². The van der Waals surface area contributed by atoms with Gasteiger partial charge in [-0.3, -0.25) is 4.68 Å². The van der Waals surface area contributed by atoms with Gasteiger partial charge in [-0.25, -0.2) is 4.99 Å². The van der Waals surface area contributed by atoms with E-state index in [1.165, 1.54) is 11.1 Å². The van der Waals surface area contributed by atoms with Crippen LogP contribution in [-0.2, 0) is 19.6 Å². The Morgan fingerprint density at radius 3 is 2.64 bits per heavy atom. The summed E-state index contributed by atoms with van der Waals surface area (Å²) in [4.78, 5) is 6.92. The van der Waals surface area contributed by atoms with Crippen molar-refractivity contribution in [3.05, 3.63) is 53.9 Å². The lowest BCUT2D eigenvalue weighted by Crippen LogP contribution is -2.38. The maximum Gasteiger partial charge on any atom is 0.191 e. The van der Waals surface area contributed by atoms with Crippen LogP contribution < -0.4 is 10.6 Å². The topological polar surface area (TPSA) is 57.5 Å². The average Bonchev–Trinajstić information content (AvgIpc) is 3.10. The lowest BCUT2D eigenvalue weighted by molar-refractivity contribution is 0.401. The van der Waals surface area contributed by atoms with Gasteiger partial charge in [-0.05, 0) is 44.6 Å². The number of aromatic nitrogens is 2. The second kappa shape index (κ2) is 10.5. The molecule has 0 aliphatic rings. The molecule has 0 aliphatic carbocycles. The molecule has 136 valence electrons. The van der Waals surface area contributed by atoms with Crippen LogP contribution in [0.1, 0.15) is 24.5 Å². The second-order valence-corrected chi connectivity index (χ2v) is 6.25. The summed E-state index contributed by atoms with van der Waals surface area (Å²) in [5.74, 6) is 0.864. The minimum absolute atomic E-state index is 0.679. The molecule has 0 amide bonds. The number of aliphatic imine (C=N–C) groups is 1. The third-order valence-corrected chi connectivity index (χ3v) is 3.77. The summed E-state index contributed by atoms with van der Waals surface area (Å²) in [6.45, 7) is 6.32. The number of hydrogen-bond acceptors (Lipinski definition) is 3. The monoisotopic (exact) mass is 342 g/mol. The van der Waals surface area contributed by atoms with E-state index >= 15 is 0 Å². The van der Waals surface area contributed by atoms with Crippen LogP contribution in [-0.4, -0.2) is 47.8 Å². The standard InChI is InChI=1S/C19H30N6/c1-4-20-19(21-11-7-13-25-14-8-12-23-25)22-15-17-9-5-6-10-18(17)16-24(2)3/h5-6,8-10,12,14H,4,7,11,13,15-16H2,1-3H3,(H2,20,21,22). The summed E-state index contributed by atoms with van der Waals surface area (Å²) in [6, 6.07) is 10.4. The fraction of sp³-hybridized carbons (Fsp3) is 0.474. The number of aryl methyl sites for hydroxylation is 1. The van der Waals surface area contributed by atoms with Gasteiger partial charge in [0.05, 0.1) is 6.54 Å². The molecule has 2 rings (SSSR count). The molecule has 0 saturated heterocycles. The van der Waals surface area contributed by atoms with Gasteiger partial charge in [-0.1, -0.05) is 24.3 Å². The SMILES string of the molecule is CCNC(=NCc1ccccc1CN(C)C)NCCCn1cccn1. The highest BCUT2D eigenvalue weighted by atomic mass is 15.3.